The van der Waals surface area contributed by atoms with Crippen molar-refractivity contribution in [1.82, 2.24) is 10.3 Å². The van der Waals surface area contributed by atoms with E-state index < -0.39 is 0 Å². The van der Waals surface area contributed by atoms with E-state index in [-0.39, 0.29) is 5.75 Å². The maximum atomic E-state index is 9.82. The smallest absolute Gasteiger partial charge is 0.141 e. The Morgan fingerprint density at radius 3 is 3.06 bits per heavy atom. The van der Waals surface area contributed by atoms with Gasteiger partial charge >= 0.3 is 0 Å². The molecule has 0 aliphatic carbocycles. The number of nitrogens with one attached hydrogen (secondary N) is 1. The van der Waals surface area contributed by atoms with Gasteiger partial charge in [-0.25, -0.2) is 0 Å². The second kappa shape index (κ2) is 4.94. The van der Waals surface area contributed by atoms with Gasteiger partial charge in [-0.3, -0.25) is 4.98 Å². The first-order chi connectivity index (χ1) is 8.84. The highest BCUT2D eigenvalue weighted by Crippen LogP contribution is 2.27. The van der Waals surface area contributed by atoms with Crippen molar-refractivity contribution < 1.29 is 5.11 Å². The Bertz CT molecular complexity index is 547. The molecule has 1 fully saturated rings. The Morgan fingerprint density at radius 1 is 1.28 bits per heavy atom. The molecule has 2 aromatic rings. The quantitative estimate of drug-likeness (QED) is 0.851. The van der Waals surface area contributed by atoms with Gasteiger partial charge < -0.3 is 10.4 Å². The van der Waals surface area contributed by atoms with Gasteiger partial charge in [-0.1, -0.05) is 18.6 Å². The van der Waals surface area contributed by atoms with Gasteiger partial charge in [0.25, 0.3) is 0 Å². The Kier molecular flexibility index (Phi) is 3.15. The van der Waals surface area contributed by atoms with E-state index in [0.29, 0.717) is 11.6 Å². The predicted molar refractivity (Wildman–Crippen MR) is 72.8 cm³/mol. The molecule has 1 aromatic carbocycles. The van der Waals surface area contributed by atoms with Gasteiger partial charge in [0.2, 0.25) is 0 Å². The van der Waals surface area contributed by atoms with Crippen LogP contribution in [-0.4, -0.2) is 22.7 Å². The summed E-state index contributed by atoms with van der Waals surface area (Å²) in [5.41, 5.74) is 1.99. The largest absolute Gasteiger partial charge is 0.506 e. The van der Waals surface area contributed by atoms with E-state index in [2.05, 4.69) is 10.3 Å². The first-order valence-electron chi connectivity index (χ1n) is 6.63. The molecule has 0 bridgehead atoms. The minimum Gasteiger partial charge on any atom is -0.506 e. The number of aromatic hydroxyl groups is 1. The van der Waals surface area contributed by atoms with Crippen molar-refractivity contribution in [2.24, 2.45) is 0 Å². The Morgan fingerprint density at radius 2 is 2.22 bits per heavy atom. The van der Waals surface area contributed by atoms with Crippen LogP contribution in [0.15, 0.2) is 30.5 Å². The Hall–Kier alpha value is -1.61. The van der Waals surface area contributed by atoms with Crippen LogP contribution < -0.4 is 5.32 Å². The number of pyridine rings is 1. The highest BCUT2D eigenvalue weighted by molar-refractivity contribution is 5.87. The van der Waals surface area contributed by atoms with Gasteiger partial charge in [0, 0.05) is 17.6 Å². The molecule has 0 spiro atoms. The number of fused-ring (bicyclic) bond motifs is 1. The lowest BCUT2D eigenvalue weighted by Crippen LogP contribution is -2.35. The van der Waals surface area contributed by atoms with Crippen molar-refractivity contribution in [2.75, 3.05) is 6.54 Å². The highest BCUT2D eigenvalue weighted by atomic mass is 16.3. The fraction of sp³-hybridized carbons (Fsp3) is 0.400. The van der Waals surface area contributed by atoms with Crippen molar-refractivity contribution >= 4 is 10.9 Å². The summed E-state index contributed by atoms with van der Waals surface area (Å²) in [6, 6.07) is 8.31. The van der Waals surface area contributed by atoms with Crippen molar-refractivity contribution in [1.29, 1.82) is 0 Å². The monoisotopic (exact) mass is 242 g/mol. The summed E-state index contributed by atoms with van der Waals surface area (Å²) in [6.45, 7) is 1.12. The van der Waals surface area contributed by atoms with Crippen molar-refractivity contribution in [3.8, 4) is 5.75 Å². The fourth-order valence-corrected chi connectivity index (χ4v) is 2.76. The molecule has 0 amide bonds. The van der Waals surface area contributed by atoms with Gasteiger partial charge in [-0.15, -0.1) is 0 Å². The molecule has 18 heavy (non-hydrogen) atoms. The van der Waals surface area contributed by atoms with Crippen LogP contribution in [0.5, 0.6) is 5.75 Å². The van der Waals surface area contributed by atoms with E-state index in [4.69, 9.17) is 0 Å². The summed E-state index contributed by atoms with van der Waals surface area (Å²) in [4.78, 5) is 4.26. The minimum atomic E-state index is 0.269. The van der Waals surface area contributed by atoms with E-state index >= 15 is 0 Å². The number of piperidine rings is 1. The molecule has 1 aliphatic heterocycles. The summed E-state index contributed by atoms with van der Waals surface area (Å²) in [7, 11) is 0. The standard InChI is InChI=1S/C15H18N2O/c18-14-7-6-11(10-12-4-1-2-8-16-12)13-5-3-9-17-15(13)14/h3,5-7,9,12,16,18H,1-2,4,8,10H2. The zero-order valence-corrected chi connectivity index (χ0v) is 10.4. The number of nitrogens with zero attached hydrogens (tertiary/aromatic N) is 1. The molecule has 3 rings (SSSR count). The molecule has 2 heterocycles. The van der Waals surface area contributed by atoms with Crippen LogP contribution in [-0.2, 0) is 6.42 Å². The molecular formula is C15H18N2O. The predicted octanol–water partition coefficient (Wildman–Crippen LogP) is 2.63. The molecule has 3 nitrogen and oxygen atoms in total. The molecule has 2 N–H and O–H groups in total. The minimum absolute atomic E-state index is 0.269. The van der Waals surface area contributed by atoms with E-state index in [1.165, 1.54) is 24.8 Å². The van der Waals surface area contributed by atoms with E-state index in [1.54, 1.807) is 12.3 Å². The number of phenolic OH excluding ortho intramolecular Hbond substituents is 1. The van der Waals surface area contributed by atoms with Crippen LogP contribution in [0.2, 0.25) is 0 Å². The summed E-state index contributed by atoms with van der Waals surface area (Å²) < 4.78 is 0. The lowest BCUT2D eigenvalue weighted by atomic mass is 9.95. The highest BCUT2D eigenvalue weighted by Gasteiger charge is 2.15. The molecule has 1 aromatic heterocycles. The van der Waals surface area contributed by atoms with Gasteiger partial charge in [-0.2, -0.15) is 0 Å². The maximum absolute atomic E-state index is 9.82. The lowest BCUT2D eigenvalue weighted by Gasteiger charge is -2.24. The third kappa shape index (κ3) is 2.18. The van der Waals surface area contributed by atoms with Gasteiger partial charge in [0.05, 0.1) is 0 Å². The molecule has 1 atom stereocenters. The topological polar surface area (TPSA) is 45.1 Å². The molecule has 94 valence electrons. The van der Waals surface area contributed by atoms with E-state index in [1.807, 2.05) is 18.2 Å². The van der Waals surface area contributed by atoms with Crippen LogP contribution in [0.4, 0.5) is 0 Å². The Labute approximate surface area is 107 Å². The molecule has 0 saturated carbocycles. The Balaban J connectivity index is 1.94. The van der Waals surface area contributed by atoms with Gasteiger partial charge in [0.15, 0.2) is 0 Å². The first kappa shape index (κ1) is 11.5. The maximum Gasteiger partial charge on any atom is 0.141 e. The lowest BCUT2D eigenvalue weighted by molar-refractivity contribution is 0.400. The second-order valence-corrected chi connectivity index (χ2v) is 4.99. The van der Waals surface area contributed by atoms with Gasteiger partial charge in [-0.05, 0) is 43.5 Å². The molecule has 3 heteroatoms. The molecule has 1 unspecified atom stereocenters. The number of hydrogen-bond acceptors (Lipinski definition) is 3. The number of benzene rings is 1. The van der Waals surface area contributed by atoms with Gasteiger partial charge in [0.1, 0.15) is 11.3 Å². The fourth-order valence-electron chi connectivity index (χ4n) is 2.76. The normalized spacial score (nSPS) is 20.1. The summed E-state index contributed by atoms with van der Waals surface area (Å²) in [6.07, 6.45) is 6.58. The summed E-state index contributed by atoms with van der Waals surface area (Å²) >= 11 is 0. The summed E-state index contributed by atoms with van der Waals surface area (Å²) in [5, 5.41) is 14.5. The molecular weight excluding hydrogens is 224 g/mol. The zero-order valence-electron chi connectivity index (χ0n) is 10.4. The molecule has 0 radical (unpaired) electrons. The van der Waals surface area contributed by atoms with E-state index in [0.717, 1.165) is 18.4 Å². The second-order valence-electron chi connectivity index (χ2n) is 4.99. The number of rotatable bonds is 2. The third-order valence-corrected chi connectivity index (χ3v) is 3.72. The van der Waals surface area contributed by atoms with Crippen molar-refractivity contribution in [2.45, 2.75) is 31.7 Å². The average Bonchev–Trinajstić information content (AvgIpc) is 2.44. The molecule has 1 aliphatic rings. The number of aromatic nitrogens is 1. The summed E-state index contributed by atoms with van der Waals surface area (Å²) in [5.74, 6) is 0.269. The number of phenols is 1. The SMILES string of the molecule is Oc1ccc(CC2CCCCN2)c2cccnc12. The van der Waals surface area contributed by atoms with Crippen LogP contribution in [0.1, 0.15) is 24.8 Å². The number of hydrogen-bond donors (Lipinski definition) is 2. The van der Waals surface area contributed by atoms with Crippen molar-refractivity contribution in [3.05, 3.63) is 36.0 Å². The van der Waals surface area contributed by atoms with E-state index in [9.17, 15) is 5.11 Å². The third-order valence-electron chi connectivity index (χ3n) is 3.72. The average molecular weight is 242 g/mol. The molecule has 1 saturated heterocycles. The van der Waals surface area contributed by atoms with Crippen molar-refractivity contribution in [3.63, 3.8) is 0 Å². The first-order valence-corrected chi connectivity index (χ1v) is 6.63. The van der Waals surface area contributed by atoms with Crippen LogP contribution in [0, 0.1) is 0 Å². The zero-order chi connectivity index (χ0) is 12.4. The van der Waals surface area contributed by atoms with Crippen LogP contribution in [0.3, 0.4) is 0 Å². The van der Waals surface area contributed by atoms with Crippen LogP contribution >= 0.6 is 0 Å². The van der Waals surface area contributed by atoms with Crippen LogP contribution in [0.25, 0.3) is 10.9 Å².